The standard InChI is InChI=1S/C16H21ClO3/c1-15(18,12-2-4-14(17)5-3-12)13-6-8-20-16(10-13)7-9-19-11-16/h2-5,13,18H,6-11H2,1H3. The summed E-state index contributed by atoms with van der Waals surface area (Å²) < 4.78 is 11.4. The number of hydrogen-bond acceptors (Lipinski definition) is 3. The molecule has 1 aromatic rings. The molecule has 0 amide bonds. The molecule has 1 aromatic carbocycles. The molecule has 2 saturated heterocycles. The summed E-state index contributed by atoms with van der Waals surface area (Å²) in [6.07, 6.45) is 2.65. The molecule has 0 bridgehead atoms. The fourth-order valence-electron chi connectivity index (χ4n) is 3.39. The molecule has 20 heavy (non-hydrogen) atoms. The SMILES string of the molecule is CC(O)(c1ccc(Cl)cc1)C1CCOC2(CCOC2)C1. The van der Waals surface area contributed by atoms with Crippen LogP contribution in [0.15, 0.2) is 24.3 Å². The van der Waals surface area contributed by atoms with Crippen LogP contribution >= 0.6 is 11.6 Å². The van der Waals surface area contributed by atoms with E-state index in [1.54, 1.807) is 0 Å². The van der Waals surface area contributed by atoms with Crippen molar-refractivity contribution in [2.75, 3.05) is 19.8 Å². The Morgan fingerprint density at radius 3 is 2.70 bits per heavy atom. The number of benzene rings is 1. The Morgan fingerprint density at radius 1 is 1.30 bits per heavy atom. The summed E-state index contributed by atoms with van der Waals surface area (Å²) in [7, 11) is 0. The maximum absolute atomic E-state index is 11.0. The Labute approximate surface area is 124 Å². The fraction of sp³-hybridized carbons (Fsp3) is 0.625. The molecule has 0 radical (unpaired) electrons. The van der Waals surface area contributed by atoms with Gasteiger partial charge in [-0.3, -0.25) is 0 Å². The third kappa shape index (κ3) is 2.60. The Kier molecular flexibility index (Phi) is 3.80. The summed E-state index contributed by atoms with van der Waals surface area (Å²) in [5, 5.41) is 11.7. The molecule has 3 unspecified atom stereocenters. The van der Waals surface area contributed by atoms with E-state index in [4.69, 9.17) is 21.1 Å². The van der Waals surface area contributed by atoms with Gasteiger partial charge in [0.1, 0.15) is 0 Å². The van der Waals surface area contributed by atoms with Gasteiger partial charge in [0.05, 0.1) is 17.8 Å². The minimum Gasteiger partial charge on any atom is -0.385 e. The monoisotopic (exact) mass is 296 g/mol. The third-order valence-corrected chi connectivity index (χ3v) is 5.04. The van der Waals surface area contributed by atoms with Gasteiger partial charge in [-0.05, 0) is 43.4 Å². The van der Waals surface area contributed by atoms with Crippen molar-refractivity contribution in [1.82, 2.24) is 0 Å². The first-order valence-electron chi connectivity index (χ1n) is 7.22. The highest BCUT2D eigenvalue weighted by Crippen LogP contribution is 2.43. The van der Waals surface area contributed by atoms with E-state index in [9.17, 15) is 5.11 Å². The molecule has 4 heteroatoms. The van der Waals surface area contributed by atoms with Crippen molar-refractivity contribution in [2.45, 2.75) is 37.4 Å². The molecular weight excluding hydrogens is 276 g/mol. The lowest BCUT2D eigenvalue weighted by Gasteiger charge is -2.43. The fourth-order valence-corrected chi connectivity index (χ4v) is 3.52. The lowest BCUT2D eigenvalue weighted by molar-refractivity contribution is -0.140. The molecule has 0 aromatic heterocycles. The van der Waals surface area contributed by atoms with Gasteiger partial charge in [-0.25, -0.2) is 0 Å². The van der Waals surface area contributed by atoms with Crippen LogP contribution in [-0.2, 0) is 15.1 Å². The molecular formula is C16H21ClO3. The topological polar surface area (TPSA) is 38.7 Å². The number of rotatable bonds is 2. The van der Waals surface area contributed by atoms with Crippen LogP contribution in [0.5, 0.6) is 0 Å². The summed E-state index contributed by atoms with van der Waals surface area (Å²) in [5.74, 6) is 0.180. The first-order valence-corrected chi connectivity index (χ1v) is 7.60. The van der Waals surface area contributed by atoms with Crippen LogP contribution in [-0.4, -0.2) is 30.5 Å². The molecule has 3 nitrogen and oxygen atoms in total. The van der Waals surface area contributed by atoms with Crippen molar-refractivity contribution in [3.8, 4) is 0 Å². The van der Waals surface area contributed by atoms with Crippen LogP contribution < -0.4 is 0 Å². The summed E-state index contributed by atoms with van der Waals surface area (Å²) in [6.45, 7) is 4.00. The average molecular weight is 297 g/mol. The van der Waals surface area contributed by atoms with Gasteiger partial charge in [-0.1, -0.05) is 23.7 Å². The summed E-state index contributed by atoms with van der Waals surface area (Å²) in [4.78, 5) is 0. The van der Waals surface area contributed by atoms with Crippen molar-refractivity contribution in [2.24, 2.45) is 5.92 Å². The second-order valence-electron chi connectivity index (χ2n) is 6.18. The van der Waals surface area contributed by atoms with Crippen LogP contribution in [0.25, 0.3) is 0 Å². The van der Waals surface area contributed by atoms with Crippen molar-refractivity contribution in [3.05, 3.63) is 34.9 Å². The van der Waals surface area contributed by atoms with E-state index >= 15 is 0 Å². The zero-order valence-corrected chi connectivity index (χ0v) is 12.5. The molecule has 2 fully saturated rings. The van der Waals surface area contributed by atoms with Crippen LogP contribution in [0, 0.1) is 5.92 Å². The van der Waals surface area contributed by atoms with Crippen LogP contribution in [0.3, 0.4) is 0 Å². The van der Waals surface area contributed by atoms with Gasteiger partial charge in [0, 0.05) is 24.7 Å². The van der Waals surface area contributed by atoms with Gasteiger partial charge in [-0.15, -0.1) is 0 Å². The first-order chi connectivity index (χ1) is 9.52. The Bertz CT molecular complexity index is 463. The van der Waals surface area contributed by atoms with Crippen LogP contribution in [0.4, 0.5) is 0 Å². The molecule has 3 rings (SSSR count). The summed E-state index contributed by atoms with van der Waals surface area (Å²) in [5.41, 5.74) is -0.119. The summed E-state index contributed by atoms with van der Waals surface area (Å²) in [6, 6.07) is 7.49. The lowest BCUT2D eigenvalue weighted by Crippen LogP contribution is -2.46. The summed E-state index contributed by atoms with van der Waals surface area (Å²) >= 11 is 5.93. The minimum atomic E-state index is -0.857. The van der Waals surface area contributed by atoms with E-state index in [1.807, 2.05) is 31.2 Å². The zero-order chi connectivity index (χ0) is 14.2. The predicted octanol–water partition coefficient (Wildman–Crippen LogP) is 3.13. The van der Waals surface area contributed by atoms with Gasteiger partial charge >= 0.3 is 0 Å². The second-order valence-corrected chi connectivity index (χ2v) is 6.61. The minimum absolute atomic E-state index is 0.180. The molecule has 2 aliphatic heterocycles. The van der Waals surface area contributed by atoms with E-state index in [2.05, 4.69) is 0 Å². The number of halogens is 1. The number of hydrogen-bond donors (Lipinski definition) is 1. The van der Waals surface area contributed by atoms with E-state index in [0.717, 1.165) is 31.4 Å². The van der Waals surface area contributed by atoms with Gasteiger partial charge in [0.15, 0.2) is 0 Å². The largest absolute Gasteiger partial charge is 0.385 e. The molecule has 2 heterocycles. The highest BCUT2D eigenvalue weighted by molar-refractivity contribution is 6.30. The smallest absolute Gasteiger partial charge is 0.0940 e. The molecule has 110 valence electrons. The van der Waals surface area contributed by atoms with E-state index in [0.29, 0.717) is 18.2 Å². The second kappa shape index (κ2) is 5.30. The lowest BCUT2D eigenvalue weighted by atomic mass is 9.73. The van der Waals surface area contributed by atoms with Gasteiger partial charge in [0.2, 0.25) is 0 Å². The van der Waals surface area contributed by atoms with Gasteiger partial charge in [0.25, 0.3) is 0 Å². The Hall–Kier alpha value is -0.610. The third-order valence-electron chi connectivity index (χ3n) is 4.78. The van der Waals surface area contributed by atoms with Crippen molar-refractivity contribution < 1.29 is 14.6 Å². The van der Waals surface area contributed by atoms with Crippen molar-refractivity contribution in [1.29, 1.82) is 0 Å². The van der Waals surface area contributed by atoms with Crippen molar-refractivity contribution >= 4 is 11.6 Å². The Balaban J connectivity index is 1.81. The van der Waals surface area contributed by atoms with Gasteiger partial charge in [-0.2, -0.15) is 0 Å². The molecule has 1 N–H and O–H groups in total. The number of aliphatic hydroxyl groups is 1. The van der Waals surface area contributed by atoms with E-state index < -0.39 is 5.60 Å². The van der Waals surface area contributed by atoms with Crippen LogP contribution in [0.2, 0.25) is 5.02 Å². The predicted molar refractivity (Wildman–Crippen MR) is 77.9 cm³/mol. The van der Waals surface area contributed by atoms with Gasteiger partial charge < -0.3 is 14.6 Å². The van der Waals surface area contributed by atoms with E-state index in [1.165, 1.54) is 0 Å². The highest BCUT2D eigenvalue weighted by Gasteiger charge is 2.46. The average Bonchev–Trinajstić information content (AvgIpc) is 2.87. The molecule has 1 spiro atoms. The Morgan fingerprint density at radius 2 is 2.05 bits per heavy atom. The maximum Gasteiger partial charge on any atom is 0.0940 e. The highest BCUT2D eigenvalue weighted by atomic mass is 35.5. The molecule has 0 aliphatic carbocycles. The molecule has 3 atom stereocenters. The van der Waals surface area contributed by atoms with E-state index in [-0.39, 0.29) is 11.5 Å². The normalized spacial score (nSPS) is 33.2. The zero-order valence-electron chi connectivity index (χ0n) is 11.8. The number of ether oxygens (including phenoxy) is 2. The van der Waals surface area contributed by atoms with Crippen LogP contribution in [0.1, 0.15) is 31.7 Å². The first kappa shape index (κ1) is 14.3. The maximum atomic E-state index is 11.0. The van der Waals surface area contributed by atoms with Crippen molar-refractivity contribution in [3.63, 3.8) is 0 Å². The molecule has 0 saturated carbocycles. The molecule has 2 aliphatic rings. The quantitative estimate of drug-likeness (QED) is 0.911.